The monoisotopic (exact) mass is 215 g/mol. The largest absolute Gasteiger partial charge is 0.313 e. The van der Waals surface area contributed by atoms with Crippen molar-refractivity contribution in [1.82, 2.24) is 15.1 Å². The quantitative estimate of drug-likeness (QED) is 0.625. The van der Waals surface area contributed by atoms with Crippen LogP contribution in [0.25, 0.3) is 0 Å². The van der Waals surface area contributed by atoms with Gasteiger partial charge in [-0.1, -0.05) is 20.8 Å². The molecule has 0 aromatic heterocycles. The Bertz CT molecular complexity index is 121. The molecule has 0 aromatic rings. The first-order chi connectivity index (χ1) is 7.06. The predicted octanol–water partition coefficient (Wildman–Crippen LogP) is 1.26. The molecule has 0 unspecified atom stereocenters. The van der Waals surface area contributed by atoms with Crippen LogP contribution >= 0.6 is 0 Å². The van der Waals surface area contributed by atoms with Gasteiger partial charge in [0.2, 0.25) is 0 Å². The number of hydrogen-bond acceptors (Lipinski definition) is 3. The summed E-state index contributed by atoms with van der Waals surface area (Å²) in [5.74, 6) is 0. The van der Waals surface area contributed by atoms with Crippen molar-refractivity contribution in [3.8, 4) is 0 Å². The molecule has 0 amide bonds. The third-order valence-electron chi connectivity index (χ3n) is 2.51. The molecule has 0 radical (unpaired) electrons. The third kappa shape index (κ3) is 10.2. The topological polar surface area (TPSA) is 18.5 Å². The lowest BCUT2D eigenvalue weighted by Crippen LogP contribution is -2.36. The molecule has 92 valence electrons. The average Bonchev–Trinajstić information content (AvgIpc) is 2.14. The fourth-order valence-corrected chi connectivity index (χ4v) is 1.55. The lowest BCUT2D eigenvalue weighted by atomic mass is 10.3. The van der Waals surface area contributed by atoms with E-state index in [9.17, 15) is 0 Å². The Morgan fingerprint density at radius 3 is 2.20 bits per heavy atom. The zero-order chi connectivity index (χ0) is 11.7. The Kier molecular flexibility index (Phi) is 9.06. The van der Waals surface area contributed by atoms with Crippen LogP contribution < -0.4 is 5.32 Å². The summed E-state index contributed by atoms with van der Waals surface area (Å²) in [5.41, 5.74) is 0. The first-order valence-electron chi connectivity index (χ1n) is 6.16. The molecule has 0 fully saturated rings. The number of rotatable bonds is 9. The first kappa shape index (κ1) is 14.9. The highest BCUT2D eigenvalue weighted by molar-refractivity contribution is 4.60. The third-order valence-corrected chi connectivity index (χ3v) is 2.51. The molecule has 0 aliphatic carbocycles. The number of nitrogens with zero attached hydrogens (tertiary/aromatic N) is 2. The van der Waals surface area contributed by atoms with Crippen molar-refractivity contribution in [2.45, 2.75) is 33.2 Å². The Morgan fingerprint density at radius 2 is 1.73 bits per heavy atom. The normalized spacial score (nSPS) is 12.0. The SMILES string of the molecule is CCN(CCCN(C)C)CCNC(C)C. The van der Waals surface area contributed by atoms with E-state index in [0.717, 1.165) is 13.1 Å². The van der Waals surface area contributed by atoms with E-state index in [-0.39, 0.29) is 0 Å². The van der Waals surface area contributed by atoms with E-state index in [1.165, 1.54) is 26.1 Å². The molecule has 3 nitrogen and oxygen atoms in total. The first-order valence-corrected chi connectivity index (χ1v) is 6.16. The Labute approximate surface area is 95.8 Å². The second kappa shape index (κ2) is 9.13. The minimum absolute atomic E-state index is 0.602. The molecule has 15 heavy (non-hydrogen) atoms. The summed E-state index contributed by atoms with van der Waals surface area (Å²) in [5, 5.41) is 3.46. The van der Waals surface area contributed by atoms with Gasteiger partial charge in [0.25, 0.3) is 0 Å². The summed E-state index contributed by atoms with van der Waals surface area (Å²) in [4.78, 5) is 4.76. The summed E-state index contributed by atoms with van der Waals surface area (Å²) in [7, 11) is 4.27. The summed E-state index contributed by atoms with van der Waals surface area (Å²) in [6.07, 6.45) is 1.27. The Balaban J connectivity index is 3.46. The zero-order valence-corrected chi connectivity index (χ0v) is 11.2. The van der Waals surface area contributed by atoms with E-state index in [0.29, 0.717) is 6.04 Å². The van der Waals surface area contributed by atoms with Gasteiger partial charge in [-0.05, 0) is 40.2 Å². The smallest absolute Gasteiger partial charge is 0.0107 e. The number of likely N-dealkylation sites (N-methyl/N-ethyl adjacent to an activating group) is 1. The highest BCUT2D eigenvalue weighted by atomic mass is 15.1. The molecule has 0 spiro atoms. The van der Waals surface area contributed by atoms with Crippen molar-refractivity contribution < 1.29 is 0 Å². The molecule has 0 aliphatic heterocycles. The van der Waals surface area contributed by atoms with Crippen LogP contribution in [0.4, 0.5) is 0 Å². The van der Waals surface area contributed by atoms with Crippen molar-refractivity contribution in [2.24, 2.45) is 0 Å². The van der Waals surface area contributed by atoms with Gasteiger partial charge in [0.05, 0.1) is 0 Å². The highest BCUT2D eigenvalue weighted by Gasteiger charge is 2.02. The fraction of sp³-hybridized carbons (Fsp3) is 1.00. The van der Waals surface area contributed by atoms with Crippen LogP contribution in [0.5, 0.6) is 0 Å². The fourth-order valence-electron chi connectivity index (χ4n) is 1.55. The molecule has 0 aromatic carbocycles. The molecule has 3 heteroatoms. The summed E-state index contributed by atoms with van der Waals surface area (Å²) >= 11 is 0. The van der Waals surface area contributed by atoms with Crippen molar-refractivity contribution in [3.05, 3.63) is 0 Å². The molecule has 0 aliphatic rings. The van der Waals surface area contributed by atoms with Crippen molar-refractivity contribution in [1.29, 1.82) is 0 Å². The lowest BCUT2D eigenvalue weighted by molar-refractivity contribution is 0.264. The van der Waals surface area contributed by atoms with Crippen molar-refractivity contribution in [2.75, 3.05) is 46.8 Å². The summed E-state index contributed by atoms with van der Waals surface area (Å²) < 4.78 is 0. The molecule has 0 bridgehead atoms. The van der Waals surface area contributed by atoms with Crippen LogP contribution in [0.15, 0.2) is 0 Å². The molecule has 1 N–H and O–H groups in total. The van der Waals surface area contributed by atoms with Crippen LogP contribution in [0, 0.1) is 0 Å². The van der Waals surface area contributed by atoms with Gasteiger partial charge in [-0.3, -0.25) is 0 Å². The molecule has 0 saturated heterocycles. The zero-order valence-electron chi connectivity index (χ0n) is 11.2. The van der Waals surface area contributed by atoms with Crippen LogP contribution in [0.2, 0.25) is 0 Å². The number of nitrogens with one attached hydrogen (secondary N) is 1. The van der Waals surface area contributed by atoms with E-state index in [2.05, 4.69) is 50.0 Å². The van der Waals surface area contributed by atoms with Crippen LogP contribution in [0.3, 0.4) is 0 Å². The second-order valence-corrected chi connectivity index (χ2v) is 4.70. The Morgan fingerprint density at radius 1 is 1.07 bits per heavy atom. The highest BCUT2D eigenvalue weighted by Crippen LogP contribution is 1.92. The number of hydrogen-bond donors (Lipinski definition) is 1. The molecular formula is C12H29N3. The maximum Gasteiger partial charge on any atom is 0.0107 e. The van der Waals surface area contributed by atoms with Gasteiger partial charge in [-0.2, -0.15) is 0 Å². The molecular weight excluding hydrogens is 186 g/mol. The summed E-state index contributed by atoms with van der Waals surface area (Å²) in [6, 6.07) is 0.602. The van der Waals surface area contributed by atoms with Crippen LogP contribution in [0.1, 0.15) is 27.2 Å². The molecule has 0 heterocycles. The average molecular weight is 215 g/mol. The van der Waals surface area contributed by atoms with Gasteiger partial charge < -0.3 is 15.1 Å². The molecule has 0 saturated carbocycles. The van der Waals surface area contributed by atoms with Crippen molar-refractivity contribution >= 4 is 0 Å². The van der Waals surface area contributed by atoms with Crippen LogP contribution in [-0.2, 0) is 0 Å². The van der Waals surface area contributed by atoms with E-state index in [1.54, 1.807) is 0 Å². The van der Waals surface area contributed by atoms with E-state index >= 15 is 0 Å². The van der Waals surface area contributed by atoms with Gasteiger partial charge in [-0.25, -0.2) is 0 Å². The molecule has 0 rings (SSSR count). The van der Waals surface area contributed by atoms with Crippen LogP contribution in [-0.4, -0.2) is 62.7 Å². The van der Waals surface area contributed by atoms with E-state index in [4.69, 9.17) is 0 Å². The van der Waals surface area contributed by atoms with E-state index < -0.39 is 0 Å². The minimum Gasteiger partial charge on any atom is -0.313 e. The van der Waals surface area contributed by atoms with Gasteiger partial charge in [0.1, 0.15) is 0 Å². The maximum absolute atomic E-state index is 3.46. The van der Waals surface area contributed by atoms with Gasteiger partial charge in [-0.15, -0.1) is 0 Å². The van der Waals surface area contributed by atoms with Gasteiger partial charge in [0, 0.05) is 19.1 Å². The predicted molar refractivity (Wildman–Crippen MR) is 68.4 cm³/mol. The summed E-state index contributed by atoms with van der Waals surface area (Å²) in [6.45, 7) is 12.5. The standard InChI is InChI=1S/C12H29N3/c1-6-15(10-7-9-14(4)5)11-8-13-12(2)3/h12-13H,6-11H2,1-5H3. The van der Waals surface area contributed by atoms with Gasteiger partial charge >= 0.3 is 0 Å². The molecule has 0 atom stereocenters. The van der Waals surface area contributed by atoms with Crippen molar-refractivity contribution in [3.63, 3.8) is 0 Å². The lowest BCUT2D eigenvalue weighted by Gasteiger charge is -2.22. The van der Waals surface area contributed by atoms with E-state index in [1.807, 2.05) is 0 Å². The Hall–Kier alpha value is -0.120. The maximum atomic E-state index is 3.46. The van der Waals surface area contributed by atoms with Gasteiger partial charge in [0.15, 0.2) is 0 Å². The second-order valence-electron chi connectivity index (χ2n) is 4.70. The minimum atomic E-state index is 0.602.